The third-order valence-electron chi connectivity index (χ3n) is 3.04. The van der Waals surface area contributed by atoms with Crippen LogP contribution in [0, 0.1) is 6.92 Å². The number of aliphatic hydroxyl groups excluding tert-OH is 1. The van der Waals surface area contributed by atoms with Gasteiger partial charge in [0.05, 0.1) is 11.6 Å². The smallest absolute Gasteiger partial charge is 0.243 e. The highest BCUT2D eigenvalue weighted by molar-refractivity contribution is 6.32. The number of ether oxygens (including phenoxy) is 1. The van der Waals surface area contributed by atoms with Crippen LogP contribution in [0.2, 0.25) is 5.02 Å². The molecule has 0 saturated heterocycles. The Morgan fingerprint density at radius 2 is 2.15 bits per heavy atom. The Balaban J connectivity index is 2.08. The van der Waals surface area contributed by atoms with Crippen molar-refractivity contribution in [2.75, 3.05) is 0 Å². The fourth-order valence-electron chi connectivity index (χ4n) is 2.04. The minimum absolute atomic E-state index is 0.163. The van der Waals surface area contributed by atoms with Crippen LogP contribution in [0.5, 0.6) is 11.6 Å². The molecule has 2 aromatic heterocycles. The summed E-state index contributed by atoms with van der Waals surface area (Å²) >= 11 is 6.12. The van der Waals surface area contributed by atoms with Gasteiger partial charge in [-0.25, -0.2) is 0 Å². The normalized spacial score (nSPS) is 10.9. The van der Waals surface area contributed by atoms with Gasteiger partial charge in [0.15, 0.2) is 0 Å². The van der Waals surface area contributed by atoms with Crippen LogP contribution in [0.25, 0.3) is 5.65 Å². The third-order valence-corrected chi connectivity index (χ3v) is 3.35. The molecule has 0 fully saturated rings. The highest BCUT2D eigenvalue weighted by Crippen LogP contribution is 2.32. The first-order valence-electron chi connectivity index (χ1n) is 6.20. The summed E-state index contributed by atoms with van der Waals surface area (Å²) in [4.78, 5) is 4.37. The molecule has 1 N–H and O–H groups in total. The van der Waals surface area contributed by atoms with Gasteiger partial charge < -0.3 is 9.84 Å². The largest absolute Gasteiger partial charge is 0.436 e. The number of rotatable bonds is 3. The number of aliphatic hydroxyl groups is 1. The number of hydrogen-bond acceptors (Lipinski definition) is 3. The first kappa shape index (κ1) is 13.0. The summed E-state index contributed by atoms with van der Waals surface area (Å²) in [6.07, 6.45) is 1.83. The van der Waals surface area contributed by atoms with Crippen LogP contribution < -0.4 is 4.74 Å². The van der Waals surface area contributed by atoms with Crippen molar-refractivity contribution < 1.29 is 9.84 Å². The number of aryl methyl sites for hydroxylation is 1. The van der Waals surface area contributed by atoms with Crippen LogP contribution in [0.3, 0.4) is 0 Å². The van der Waals surface area contributed by atoms with Crippen LogP contribution in [0.4, 0.5) is 0 Å². The van der Waals surface area contributed by atoms with E-state index in [1.165, 1.54) is 0 Å². The van der Waals surface area contributed by atoms with E-state index >= 15 is 0 Å². The Bertz CT molecular complexity index is 768. The molecule has 3 rings (SSSR count). The van der Waals surface area contributed by atoms with Crippen LogP contribution in [-0.4, -0.2) is 14.5 Å². The van der Waals surface area contributed by atoms with Crippen molar-refractivity contribution in [2.24, 2.45) is 0 Å². The Labute approximate surface area is 121 Å². The fraction of sp³-hybridized carbons (Fsp3) is 0.133. The lowest BCUT2D eigenvalue weighted by Gasteiger charge is -2.07. The van der Waals surface area contributed by atoms with Crippen LogP contribution in [-0.2, 0) is 6.61 Å². The second kappa shape index (κ2) is 5.15. The Morgan fingerprint density at radius 1 is 1.30 bits per heavy atom. The molecule has 0 amide bonds. The third kappa shape index (κ3) is 2.24. The van der Waals surface area contributed by atoms with Gasteiger partial charge in [-0.05, 0) is 36.8 Å². The predicted octanol–water partition coefficient (Wildman–Crippen LogP) is 3.58. The second-order valence-corrected chi connectivity index (χ2v) is 4.89. The lowest BCUT2D eigenvalue weighted by atomic mass is 10.2. The number of hydrogen-bond donors (Lipinski definition) is 1. The number of fused-ring (bicyclic) bond motifs is 1. The Kier molecular flexibility index (Phi) is 3.34. The van der Waals surface area contributed by atoms with E-state index in [0.29, 0.717) is 22.3 Å². The molecule has 20 heavy (non-hydrogen) atoms. The molecule has 102 valence electrons. The number of benzene rings is 1. The van der Waals surface area contributed by atoms with Crippen molar-refractivity contribution >= 4 is 17.2 Å². The average molecular weight is 289 g/mol. The van der Waals surface area contributed by atoms with Crippen molar-refractivity contribution in [3.8, 4) is 11.6 Å². The summed E-state index contributed by atoms with van der Waals surface area (Å²) in [5.74, 6) is 0.899. The van der Waals surface area contributed by atoms with E-state index in [-0.39, 0.29) is 6.61 Å². The van der Waals surface area contributed by atoms with E-state index in [9.17, 15) is 5.11 Å². The van der Waals surface area contributed by atoms with Crippen molar-refractivity contribution in [3.05, 3.63) is 58.9 Å². The topological polar surface area (TPSA) is 46.8 Å². The average Bonchev–Trinajstić information content (AvgIpc) is 2.80. The van der Waals surface area contributed by atoms with Gasteiger partial charge in [0.25, 0.3) is 0 Å². The molecule has 0 aliphatic heterocycles. The van der Waals surface area contributed by atoms with Gasteiger partial charge in [-0.15, -0.1) is 0 Å². The zero-order chi connectivity index (χ0) is 14.1. The molecular formula is C15H13ClN2O2. The van der Waals surface area contributed by atoms with Crippen LogP contribution in [0.1, 0.15) is 11.3 Å². The lowest BCUT2D eigenvalue weighted by Crippen LogP contribution is -1.95. The van der Waals surface area contributed by atoms with Gasteiger partial charge in [0, 0.05) is 6.20 Å². The van der Waals surface area contributed by atoms with Gasteiger partial charge >= 0.3 is 0 Å². The van der Waals surface area contributed by atoms with Crippen molar-refractivity contribution in [1.29, 1.82) is 0 Å². The monoisotopic (exact) mass is 288 g/mol. The van der Waals surface area contributed by atoms with Gasteiger partial charge in [0.2, 0.25) is 5.88 Å². The molecule has 0 aliphatic rings. The van der Waals surface area contributed by atoms with E-state index in [2.05, 4.69) is 4.98 Å². The summed E-state index contributed by atoms with van der Waals surface area (Å²) in [5, 5.41) is 10.0. The van der Waals surface area contributed by atoms with Gasteiger partial charge in [0.1, 0.15) is 17.1 Å². The summed E-state index contributed by atoms with van der Waals surface area (Å²) in [6, 6.07) is 11.1. The molecule has 2 heterocycles. The molecule has 0 spiro atoms. The zero-order valence-corrected chi connectivity index (χ0v) is 11.6. The van der Waals surface area contributed by atoms with Gasteiger partial charge in [-0.1, -0.05) is 23.7 Å². The van der Waals surface area contributed by atoms with Gasteiger partial charge in [-0.3, -0.25) is 4.40 Å². The minimum atomic E-state index is -0.163. The van der Waals surface area contributed by atoms with Crippen molar-refractivity contribution in [2.45, 2.75) is 13.5 Å². The number of aromatic nitrogens is 2. The summed E-state index contributed by atoms with van der Waals surface area (Å²) in [7, 11) is 0. The predicted molar refractivity (Wildman–Crippen MR) is 77.4 cm³/mol. The Hall–Kier alpha value is -2.04. The summed E-state index contributed by atoms with van der Waals surface area (Å²) in [6.45, 7) is 1.80. The maximum atomic E-state index is 9.53. The number of nitrogens with zero attached hydrogens (tertiary/aromatic N) is 2. The maximum Gasteiger partial charge on any atom is 0.243 e. The SMILES string of the molecule is Cc1ccc(Cl)c(Oc2nc3ccccn3c2CO)c1. The van der Waals surface area contributed by atoms with E-state index in [1.807, 2.05) is 43.5 Å². The molecule has 3 aromatic rings. The second-order valence-electron chi connectivity index (χ2n) is 4.49. The molecule has 0 saturated carbocycles. The standard InChI is InChI=1S/C15H13ClN2O2/c1-10-5-6-11(16)13(8-10)20-15-12(9-19)18-7-3-2-4-14(18)17-15/h2-8,19H,9H2,1H3. The van der Waals surface area contributed by atoms with Gasteiger partial charge in [-0.2, -0.15) is 4.98 Å². The molecule has 0 atom stereocenters. The number of pyridine rings is 1. The van der Waals surface area contributed by atoms with E-state index < -0.39 is 0 Å². The van der Waals surface area contributed by atoms with E-state index in [0.717, 1.165) is 11.2 Å². The van der Waals surface area contributed by atoms with Crippen molar-refractivity contribution in [1.82, 2.24) is 9.38 Å². The minimum Gasteiger partial charge on any atom is -0.436 e. The van der Waals surface area contributed by atoms with Crippen LogP contribution in [0.15, 0.2) is 42.6 Å². The maximum absolute atomic E-state index is 9.53. The molecule has 0 radical (unpaired) electrons. The fourth-order valence-corrected chi connectivity index (χ4v) is 2.20. The molecule has 1 aromatic carbocycles. The highest BCUT2D eigenvalue weighted by atomic mass is 35.5. The molecular weight excluding hydrogens is 276 g/mol. The number of imidazole rings is 1. The summed E-state index contributed by atoms with van der Waals surface area (Å²) < 4.78 is 7.56. The molecule has 4 nitrogen and oxygen atoms in total. The summed E-state index contributed by atoms with van der Waals surface area (Å²) in [5.41, 5.74) is 2.35. The lowest BCUT2D eigenvalue weighted by molar-refractivity contribution is 0.269. The Morgan fingerprint density at radius 3 is 2.95 bits per heavy atom. The van der Waals surface area contributed by atoms with Crippen LogP contribution >= 0.6 is 11.6 Å². The van der Waals surface area contributed by atoms with E-state index in [4.69, 9.17) is 16.3 Å². The van der Waals surface area contributed by atoms with Crippen molar-refractivity contribution in [3.63, 3.8) is 0 Å². The zero-order valence-electron chi connectivity index (χ0n) is 10.9. The molecule has 0 aliphatic carbocycles. The first-order chi connectivity index (χ1) is 9.69. The molecule has 5 heteroatoms. The highest BCUT2D eigenvalue weighted by Gasteiger charge is 2.14. The number of halogens is 1. The quantitative estimate of drug-likeness (QED) is 0.801. The molecule has 0 bridgehead atoms. The van der Waals surface area contributed by atoms with E-state index in [1.54, 1.807) is 10.5 Å². The first-order valence-corrected chi connectivity index (χ1v) is 6.57. The molecule has 0 unspecified atom stereocenters.